The van der Waals surface area contributed by atoms with Gasteiger partial charge in [0.1, 0.15) is 5.75 Å². The van der Waals surface area contributed by atoms with Crippen molar-refractivity contribution in [1.82, 2.24) is 0 Å². The molecule has 0 N–H and O–H groups in total. The van der Waals surface area contributed by atoms with Gasteiger partial charge in [0.2, 0.25) is 0 Å². The second kappa shape index (κ2) is 13.6. The molecule has 0 radical (unpaired) electrons. The molecule has 2 aromatic rings. The highest BCUT2D eigenvalue weighted by Gasteiger charge is 2.09. The average molecular weight is 429 g/mol. The van der Waals surface area contributed by atoms with Gasteiger partial charge < -0.3 is 9.47 Å². The normalized spacial score (nSPS) is 10.3. The van der Waals surface area contributed by atoms with Gasteiger partial charge in [-0.15, -0.1) is 11.8 Å². The van der Waals surface area contributed by atoms with Crippen molar-refractivity contribution in [3.63, 3.8) is 0 Å². The molecular weight excluding hydrogens is 396 g/mol. The number of esters is 1. The van der Waals surface area contributed by atoms with Crippen LogP contribution in [0.4, 0.5) is 0 Å². The maximum absolute atomic E-state index is 12.3. The summed E-state index contributed by atoms with van der Waals surface area (Å²) >= 11 is 1.65. The van der Waals surface area contributed by atoms with Crippen molar-refractivity contribution in [2.75, 3.05) is 19.5 Å². The van der Waals surface area contributed by atoms with Crippen LogP contribution in [0.5, 0.6) is 5.75 Å². The number of allylic oxidation sites excluding steroid dienone is 2. The standard InChI is InChI=1S/C23H26O4S.C2H6/c1-5-26-22(25)15-27-23-16(2)13-18(14-17(23)3)7-6-8-21(24)19-9-11-20(28-4)12-10-19;1-2/h6,8-14H,5,7,15H2,1-4H3;1-2H3/b8-6+;. The predicted octanol–water partition coefficient (Wildman–Crippen LogP) is 5.98. The molecule has 30 heavy (non-hydrogen) atoms. The van der Waals surface area contributed by atoms with Crippen LogP contribution in [-0.2, 0) is 16.0 Å². The number of carbonyl (C=O) groups excluding carboxylic acids is 2. The van der Waals surface area contributed by atoms with E-state index in [0.29, 0.717) is 24.3 Å². The van der Waals surface area contributed by atoms with Gasteiger partial charge in [-0.05, 0) is 80.5 Å². The minimum Gasteiger partial charge on any atom is -0.481 e. The van der Waals surface area contributed by atoms with E-state index in [-0.39, 0.29) is 18.4 Å². The lowest BCUT2D eigenvalue weighted by Crippen LogP contribution is -2.15. The zero-order valence-corrected chi connectivity index (χ0v) is 19.6. The van der Waals surface area contributed by atoms with Crippen molar-refractivity contribution in [2.24, 2.45) is 0 Å². The summed E-state index contributed by atoms with van der Waals surface area (Å²) < 4.78 is 10.5. The first-order valence-electron chi connectivity index (χ1n) is 10.2. The van der Waals surface area contributed by atoms with E-state index in [1.165, 1.54) is 0 Å². The van der Waals surface area contributed by atoms with Crippen LogP contribution < -0.4 is 4.74 Å². The lowest BCUT2D eigenvalue weighted by Gasteiger charge is -2.13. The highest BCUT2D eigenvalue weighted by molar-refractivity contribution is 7.98. The van der Waals surface area contributed by atoms with Crippen LogP contribution in [0.2, 0.25) is 0 Å². The van der Waals surface area contributed by atoms with Gasteiger partial charge in [-0.1, -0.05) is 32.1 Å². The summed E-state index contributed by atoms with van der Waals surface area (Å²) in [6.45, 7) is 9.89. The van der Waals surface area contributed by atoms with Crippen LogP contribution >= 0.6 is 11.8 Å². The van der Waals surface area contributed by atoms with Crippen LogP contribution in [-0.4, -0.2) is 31.2 Å². The molecule has 4 nitrogen and oxygen atoms in total. The van der Waals surface area contributed by atoms with E-state index in [2.05, 4.69) is 0 Å². The number of ketones is 1. The van der Waals surface area contributed by atoms with E-state index < -0.39 is 0 Å². The third-order valence-corrected chi connectivity index (χ3v) is 4.90. The fraction of sp³-hybridized carbons (Fsp3) is 0.360. The number of hydrogen-bond donors (Lipinski definition) is 0. The summed E-state index contributed by atoms with van der Waals surface area (Å²) in [4.78, 5) is 24.9. The zero-order valence-electron chi connectivity index (χ0n) is 18.8. The van der Waals surface area contributed by atoms with Gasteiger partial charge in [0.05, 0.1) is 6.61 Å². The maximum atomic E-state index is 12.3. The Morgan fingerprint density at radius 3 is 2.17 bits per heavy atom. The summed E-state index contributed by atoms with van der Waals surface area (Å²) in [5, 5.41) is 0. The lowest BCUT2D eigenvalue weighted by atomic mass is 10.0. The minimum absolute atomic E-state index is 0.00418. The van der Waals surface area contributed by atoms with E-state index in [4.69, 9.17) is 9.47 Å². The number of carbonyl (C=O) groups is 2. The van der Waals surface area contributed by atoms with Crippen molar-refractivity contribution in [2.45, 2.75) is 45.9 Å². The average Bonchev–Trinajstić information content (AvgIpc) is 2.74. The Morgan fingerprint density at radius 1 is 1.03 bits per heavy atom. The minimum atomic E-state index is -0.377. The Labute approximate surface area is 184 Å². The molecular formula is C25H32O4S. The Morgan fingerprint density at radius 2 is 1.63 bits per heavy atom. The fourth-order valence-corrected chi connectivity index (χ4v) is 3.28. The van der Waals surface area contributed by atoms with Crippen LogP contribution in [0.1, 0.15) is 47.8 Å². The molecule has 0 heterocycles. The number of aryl methyl sites for hydroxylation is 2. The Kier molecular flexibility index (Phi) is 11.6. The monoisotopic (exact) mass is 428 g/mol. The fourth-order valence-electron chi connectivity index (χ4n) is 2.87. The molecule has 2 aromatic carbocycles. The van der Waals surface area contributed by atoms with Gasteiger partial charge in [-0.25, -0.2) is 4.79 Å². The number of hydrogen-bond acceptors (Lipinski definition) is 5. The molecule has 0 aliphatic heterocycles. The first-order chi connectivity index (χ1) is 14.4. The van der Waals surface area contributed by atoms with Gasteiger partial charge in [0.25, 0.3) is 0 Å². The predicted molar refractivity (Wildman–Crippen MR) is 125 cm³/mol. The molecule has 5 heteroatoms. The Bertz CT molecular complexity index is 831. The smallest absolute Gasteiger partial charge is 0.344 e. The van der Waals surface area contributed by atoms with Gasteiger partial charge >= 0.3 is 5.97 Å². The number of benzene rings is 2. The van der Waals surface area contributed by atoms with Crippen LogP contribution in [0.15, 0.2) is 53.4 Å². The summed E-state index contributed by atoms with van der Waals surface area (Å²) in [6.07, 6.45) is 6.14. The molecule has 0 aliphatic carbocycles. The highest BCUT2D eigenvalue weighted by atomic mass is 32.2. The summed E-state index contributed by atoms with van der Waals surface area (Å²) in [5.74, 6) is 0.318. The van der Waals surface area contributed by atoms with Gasteiger partial charge in [-0.2, -0.15) is 0 Å². The van der Waals surface area contributed by atoms with Crippen molar-refractivity contribution in [1.29, 1.82) is 0 Å². The first-order valence-corrected chi connectivity index (χ1v) is 11.4. The highest BCUT2D eigenvalue weighted by Crippen LogP contribution is 2.25. The molecule has 162 valence electrons. The van der Waals surface area contributed by atoms with Crippen molar-refractivity contribution in [3.05, 3.63) is 70.8 Å². The van der Waals surface area contributed by atoms with Crippen molar-refractivity contribution >= 4 is 23.5 Å². The van der Waals surface area contributed by atoms with E-state index >= 15 is 0 Å². The maximum Gasteiger partial charge on any atom is 0.344 e. The SMILES string of the molecule is CC.CCOC(=O)COc1c(C)cc(C/C=C/C(=O)c2ccc(SC)cc2)cc1C. The van der Waals surface area contributed by atoms with E-state index in [0.717, 1.165) is 21.6 Å². The molecule has 0 aromatic heterocycles. The van der Waals surface area contributed by atoms with E-state index in [1.807, 2.05) is 76.4 Å². The molecule has 0 spiro atoms. The molecule has 0 unspecified atom stereocenters. The molecule has 0 fully saturated rings. The van der Waals surface area contributed by atoms with Crippen LogP contribution in [0, 0.1) is 13.8 Å². The summed E-state index contributed by atoms with van der Waals surface area (Å²) in [5.41, 5.74) is 3.67. The topological polar surface area (TPSA) is 52.6 Å². The quantitative estimate of drug-likeness (QED) is 0.213. The van der Waals surface area contributed by atoms with E-state index in [1.54, 1.807) is 24.8 Å². The second-order valence-corrected chi connectivity index (χ2v) is 7.23. The van der Waals surface area contributed by atoms with Gasteiger partial charge in [0, 0.05) is 10.5 Å². The first kappa shape index (κ1) is 25.5. The molecule has 0 saturated heterocycles. The van der Waals surface area contributed by atoms with Gasteiger partial charge in [-0.3, -0.25) is 4.79 Å². The second-order valence-electron chi connectivity index (χ2n) is 6.35. The molecule has 0 atom stereocenters. The third-order valence-electron chi connectivity index (χ3n) is 4.16. The molecule has 0 aliphatic rings. The van der Waals surface area contributed by atoms with Crippen molar-refractivity contribution in [3.8, 4) is 5.75 Å². The Balaban J connectivity index is 0.00000218. The van der Waals surface area contributed by atoms with Crippen LogP contribution in [0.25, 0.3) is 0 Å². The summed E-state index contributed by atoms with van der Waals surface area (Å²) in [7, 11) is 0. The van der Waals surface area contributed by atoms with Crippen molar-refractivity contribution < 1.29 is 19.1 Å². The zero-order chi connectivity index (χ0) is 22.5. The number of ether oxygens (including phenoxy) is 2. The third kappa shape index (κ3) is 8.07. The molecule has 2 rings (SSSR count). The molecule has 0 saturated carbocycles. The largest absolute Gasteiger partial charge is 0.481 e. The van der Waals surface area contributed by atoms with E-state index in [9.17, 15) is 9.59 Å². The molecule has 0 bridgehead atoms. The van der Waals surface area contributed by atoms with Crippen LogP contribution in [0.3, 0.4) is 0 Å². The molecule has 0 amide bonds. The lowest BCUT2D eigenvalue weighted by molar-refractivity contribution is -0.145. The number of rotatable bonds is 9. The number of thioether (sulfide) groups is 1. The Hall–Kier alpha value is -2.53. The van der Waals surface area contributed by atoms with Gasteiger partial charge in [0.15, 0.2) is 12.4 Å². The summed E-state index contributed by atoms with van der Waals surface area (Å²) in [6, 6.07) is 11.6.